The van der Waals surface area contributed by atoms with Crippen LogP contribution in [-0.4, -0.2) is 17.1 Å². The zero-order chi connectivity index (χ0) is 15.2. The highest BCUT2D eigenvalue weighted by molar-refractivity contribution is 5.96. The molecule has 0 aromatic heterocycles. The fourth-order valence-electron chi connectivity index (χ4n) is 1.92. The summed E-state index contributed by atoms with van der Waals surface area (Å²) in [7, 11) is 0. The molecule has 0 fully saturated rings. The molecule has 2 aromatic rings. The third kappa shape index (κ3) is 3.60. The molecule has 0 aliphatic heterocycles. The molecule has 0 aliphatic carbocycles. The van der Waals surface area contributed by atoms with Gasteiger partial charge in [-0.1, -0.05) is 31.2 Å². The Hall–Kier alpha value is -2.82. The number of hydrogen-bond acceptors (Lipinski definition) is 2. The van der Waals surface area contributed by atoms with Crippen molar-refractivity contribution in [2.24, 2.45) is 0 Å². The fraction of sp³-hybridized carbons (Fsp3) is 0.125. The van der Waals surface area contributed by atoms with E-state index in [2.05, 4.69) is 5.32 Å². The molecule has 2 amide bonds. The van der Waals surface area contributed by atoms with Crippen molar-refractivity contribution in [1.82, 2.24) is 0 Å². The van der Waals surface area contributed by atoms with Gasteiger partial charge in [0.1, 0.15) is 0 Å². The van der Waals surface area contributed by atoms with Gasteiger partial charge >= 0.3 is 6.09 Å². The van der Waals surface area contributed by atoms with Crippen LogP contribution in [0.2, 0.25) is 0 Å². The predicted octanol–water partition coefficient (Wildman–Crippen LogP) is 3.85. The summed E-state index contributed by atoms with van der Waals surface area (Å²) in [4.78, 5) is 24.1. The summed E-state index contributed by atoms with van der Waals surface area (Å²) in [5.41, 5.74) is 1.59. The van der Waals surface area contributed by atoms with Gasteiger partial charge in [0, 0.05) is 12.1 Å². The molecule has 2 aromatic carbocycles. The lowest BCUT2D eigenvalue weighted by atomic mass is 10.2. The Balaban J connectivity index is 2.36. The Kier molecular flexibility index (Phi) is 4.56. The van der Waals surface area contributed by atoms with Crippen molar-refractivity contribution >= 4 is 29.1 Å². The third-order valence-corrected chi connectivity index (χ3v) is 2.91. The van der Waals surface area contributed by atoms with E-state index < -0.39 is 6.09 Å². The molecule has 21 heavy (non-hydrogen) atoms. The van der Waals surface area contributed by atoms with Crippen LogP contribution in [0.3, 0.4) is 0 Å². The number of benzene rings is 2. The second kappa shape index (κ2) is 6.56. The molecule has 5 heteroatoms. The van der Waals surface area contributed by atoms with E-state index in [0.717, 1.165) is 0 Å². The maximum absolute atomic E-state index is 11.5. The molecule has 0 heterocycles. The number of nitrogens with zero attached hydrogens (tertiary/aromatic N) is 1. The van der Waals surface area contributed by atoms with Gasteiger partial charge < -0.3 is 10.4 Å². The molecule has 0 radical (unpaired) electrons. The molecular formula is C16H16N2O3. The minimum Gasteiger partial charge on any atom is -0.464 e. The Morgan fingerprint density at radius 1 is 1.05 bits per heavy atom. The topological polar surface area (TPSA) is 69.6 Å². The van der Waals surface area contributed by atoms with Crippen molar-refractivity contribution in [3.05, 3.63) is 54.6 Å². The SMILES string of the molecule is CCC(=O)Nc1cccc(N(C(=O)O)c2ccccc2)c1. The van der Waals surface area contributed by atoms with Crippen LogP contribution in [0.5, 0.6) is 0 Å². The van der Waals surface area contributed by atoms with Gasteiger partial charge in [-0.05, 0) is 30.3 Å². The molecule has 0 aliphatic rings. The van der Waals surface area contributed by atoms with Crippen LogP contribution in [0.15, 0.2) is 54.6 Å². The van der Waals surface area contributed by atoms with Gasteiger partial charge in [0.15, 0.2) is 0 Å². The Labute approximate surface area is 122 Å². The zero-order valence-electron chi connectivity index (χ0n) is 11.6. The molecule has 0 spiro atoms. The standard InChI is InChI=1S/C16H16N2O3/c1-2-15(19)17-12-7-6-10-14(11-12)18(16(20)21)13-8-4-3-5-9-13/h3-11H,2H2,1H3,(H,17,19)(H,20,21). The minimum atomic E-state index is -1.08. The quantitative estimate of drug-likeness (QED) is 0.895. The van der Waals surface area contributed by atoms with Gasteiger partial charge in [0.2, 0.25) is 5.91 Å². The van der Waals surface area contributed by atoms with Crippen molar-refractivity contribution in [2.75, 3.05) is 10.2 Å². The molecule has 108 valence electrons. The number of carbonyl (C=O) groups is 2. The molecule has 2 rings (SSSR count). The lowest BCUT2D eigenvalue weighted by molar-refractivity contribution is -0.115. The summed E-state index contributed by atoms with van der Waals surface area (Å²) < 4.78 is 0. The first kappa shape index (κ1) is 14.6. The highest BCUT2D eigenvalue weighted by atomic mass is 16.4. The summed E-state index contributed by atoms with van der Waals surface area (Å²) in [5.74, 6) is -0.117. The van der Waals surface area contributed by atoms with Gasteiger partial charge in [-0.3, -0.25) is 4.79 Å². The summed E-state index contributed by atoms with van der Waals surface area (Å²) >= 11 is 0. The molecule has 0 saturated carbocycles. The predicted molar refractivity (Wildman–Crippen MR) is 82.0 cm³/mol. The van der Waals surface area contributed by atoms with Crippen molar-refractivity contribution < 1.29 is 14.7 Å². The van der Waals surface area contributed by atoms with Crippen LogP contribution in [0.4, 0.5) is 21.9 Å². The summed E-state index contributed by atoms with van der Waals surface area (Å²) in [6, 6.07) is 15.5. The van der Waals surface area contributed by atoms with E-state index in [1.54, 1.807) is 55.5 Å². The van der Waals surface area contributed by atoms with Crippen LogP contribution in [0.25, 0.3) is 0 Å². The van der Waals surface area contributed by atoms with Gasteiger partial charge in [-0.2, -0.15) is 0 Å². The van der Waals surface area contributed by atoms with E-state index in [0.29, 0.717) is 23.5 Å². The van der Waals surface area contributed by atoms with Gasteiger partial charge in [-0.15, -0.1) is 0 Å². The van der Waals surface area contributed by atoms with Crippen LogP contribution in [0.1, 0.15) is 13.3 Å². The molecule has 0 atom stereocenters. The first-order valence-electron chi connectivity index (χ1n) is 6.60. The second-order valence-corrected chi connectivity index (χ2v) is 4.41. The number of rotatable bonds is 4. The maximum Gasteiger partial charge on any atom is 0.416 e. The zero-order valence-corrected chi connectivity index (χ0v) is 11.6. The minimum absolute atomic E-state index is 0.117. The van der Waals surface area contributed by atoms with Crippen LogP contribution >= 0.6 is 0 Å². The summed E-state index contributed by atoms with van der Waals surface area (Å²) in [6.45, 7) is 1.76. The molecular weight excluding hydrogens is 268 g/mol. The average Bonchev–Trinajstić information content (AvgIpc) is 2.48. The molecule has 0 bridgehead atoms. The van der Waals surface area contributed by atoms with Gasteiger partial charge in [0.05, 0.1) is 11.4 Å². The van der Waals surface area contributed by atoms with Crippen molar-refractivity contribution in [3.8, 4) is 0 Å². The third-order valence-electron chi connectivity index (χ3n) is 2.91. The van der Waals surface area contributed by atoms with Gasteiger partial charge in [0.25, 0.3) is 0 Å². The number of anilines is 3. The van der Waals surface area contributed by atoms with E-state index in [-0.39, 0.29) is 5.91 Å². The normalized spacial score (nSPS) is 9.95. The van der Waals surface area contributed by atoms with Crippen LogP contribution in [0, 0.1) is 0 Å². The van der Waals surface area contributed by atoms with E-state index in [1.807, 2.05) is 6.07 Å². The summed E-state index contributed by atoms with van der Waals surface area (Å²) in [5, 5.41) is 12.2. The highest BCUT2D eigenvalue weighted by Gasteiger charge is 2.16. The molecule has 2 N–H and O–H groups in total. The first-order chi connectivity index (χ1) is 10.1. The summed E-state index contributed by atoms with van der Waals surface area (Å²) in [6.07, 6.45) is -0.717. The van der Waals surface area contributed by atoms with E-state index in [9.17, 15) is 14.7 Å². The van der Waals surface area contributed by atoms with Crippen LogP contribution in [-0.2, 0) is 4.79 Å². The van der Waals surface area contributed by atoms with E-state index in [4.69, 9.17) is 0 Å². The number of para-hydroxylation sites is 1. The van der Waals surface area contributed by atoms with E-state index >= 15 is 0 Å². The fourth-order valence-corrected chi connectivity index (χ4v) is 1.92. The lowest BCUT2D eigenvalue weighted by Crippen LogP contribution is -2.23. The Morgan fingerprint density at radius 3 is 2.33 bits per heavy atom. The highest BCUT2D eigenvalue weighted by Crippen LogP contribution is 2.27. The molecule has 0 unspecified atom stereocenters. The monoisotopic (exact) mass is 284 g/mol. The Bertz CT molecular complexity index is 641. The van der Waals surface area contributed by atoms with E-state index in [1.165, 1.54) is 4.90 Å². The Morgan fingerprint density at radius 2 is 1.71 bits per heavy atom. The van der Waals surface area contributed by atoms with Crippen molar-refractivity contribution in [3.63, 3.8) is 0 Å². The largest absolute Gasteiger partial charge is 0.464 e. The molecule has 0 saturated heterocycles. The first-order valence-corrected chi connectivity index (χ1v) is 6.60. The number of carbonyl (C=O) groups excluding carboxylic acids is 1. The lowest BCUT2D eigenvalue weighted by Gasteiger charge is -2.20. The van der Waals surface area contributed by atoms with Crippen molar-refractivity contribution in [1.29, 1.82) is 0 Å². The van der Waals surface area contributed by atoms with Crippen LogP contribution < -0.4 is 10.2 Å². The van der Waals surface area contributed by atoms with Gasteiger partial charge in [-0.25, -0.2) is 9.69 Å². The van der Waals surface area contributed by atoms with Crippen molar-refractivity contribution in [2.45, 2.75) is 13.3 Å². The maximum atomic E-state index is 11.5. The smallest absolute Gasteiger partial charge is 0.416 e. The number of amides is 2. The number of hydrogen-bond donors (Lipinski definition) is 2. The number of nitrogens with one attached hydrogen (secondary N) is 1. The number of carboxylic acid groups (broad SMARTS) is 1. The average molecular weight is 284 g/mol. The second-order valence-electron chi connectivity index (χ2n) is 4.41. The molecule has 5 nitrogen and oxygen atoms in total.